The van der Waals surface area contributed by atoms with Crippen LogP contribution in [0, 0.1) is 40.4 Å². The second-order valence-electron chi connectivity index (χ2n) is 13.2. The number of hydrogen-bond donors (Lipinski definition) is 4. The van der Waals surface area contributed by atoms with Crippen LogP contribution in [0.4, 0.5) is 0 Å². The Morgan fingerprint density at radius 2 is 1.95 bits per heavy atom. The van der Waals surface area contributed by atoms with Gasteiger partial charge in [0.25, 0.3) is 0 Å². The standard InChI is InChI=1S/C32H46O6/c1-20(8-6-14-30(3,4)37)24-12-13-25-22(9-7-15-31(24,25)5)10-11-23-18-26(33)28(27(34)21(23)2)38-19-32(16-17-32)29(35)36/h10-11,20,24-28,33-34,37H,2,7-9,12-13,15-19H2,1,3-5H3,(H,35,36)/b22-10+,23-11-/t20-,24-,25?,26-,27-,28+,31-/m1/s1. The SMILES string of the molecule is C=C1/C(=C\C=C2/CCC[C@@]3(C)C2CC[C@@H]3[C@H](C)CC#CC(C)(C)O)C[C@@H](O)[C@H](OCC2(C(=O)O)CC2)[C@@H]1O. The summed E-state index contributed by atoms with van der Waals surface area (Å²) in [4.78, 5) is 11.5. The van der Waals surface area contributed by atoms with Gasteiger partial charge in [0.15, 0.2) is 0 Å². The maximum Gasteiger partial charge on any atom is 0.311 e. The summed E-state index contributed by atoms with van der Waals surface area (Å²) in [7, 11) is 0. The zero-order valence-electron chi connectivity index (χ0n) is 23.5. The van der Waals surface area contributed by atoms with Gasteiger partial charge >= 0.3 is 5.97 Å². The van der Waals surface area contributed by atoms with Gasteiger partial charge in [0.1, 0.15) is 17.8 Å². The summed E-state index contributed by atoms with van der Waals surface area (Å²) in [6.07, 6.45) is 9.40. The van der Waals surface area contributed by atoms with Gasteiger partial charge in [-0.3, -0.25) is 4.79 Å². The van der Waals surface area contributed by atoms with Crippen LogP contribution in [-0.4, -0.2) is 56.9 Å². The highest BCUT2D eigenvalue weighted by molar-refractivity contribution is 5.77. The first-order valence-corrected chi connectivity index (χ1v) is 14.3. The molecule has 0 bridgehead atoms. The second kappa shape index (κ2) is 10.9. The Balaban J connectivity index is 1.43. The number of ether oxygens (including phenoxy) is 1. The van der Waals surface area contributed by atoms with Gasteiger partial charge in [-0.25, -0.2) is 0 Å². The van der Waals surface area contributed by atoms with E-state index in [0.29, 0.717) is 42.6 Å². The minimum atomic E-state index is -1.06. The summed E-state index contributed by atoms with van der Waals surface area (Å²) in [5.41, 5.74) is 1.21. The van der Waals surface area contributed by atoms with E-state index in [9.17, 15) is 25.2 Å². The van der Waals surface area contributed by atoms with E-state index in [4.69, 9.17) is 4.74 Å². The lowest BCUT2D eigenvalue weighted by Crippen LogP contribution is -2.46. The van der Waals surface area contributed by atoms with Crippen molar-refractivity contribution in [2.75, 3.05) is 6.61 Å². The number of rotatable bonds is 7. The first-order chi connectivity index (χ1) is 17.8. The van der Waals surface area contributed by atoms with E-state index >= 15 is 0 Å². The molecule has 4 saturated carbocycles. The molecule has 0 aromatic carbocycles. The molecule has 1 unspecified atom stereocenters. The summed E-state index contributed by atoms with van der Waals surface area (Å²) in [5, 5.41) is 41.0. The maximum absolute atomic E-state index is 11.5. The largest absolute Gasteiger partial charge is 0.481 e. The fraction of sp³-hybridized carbons (Fsp3) is 0.719. The van der Waals surface area contributed by atoms with Crippen LogP contribution in [0.5, 0.6) is 0 Å². The van der Waals surface area contributed by atoms with Crippen LogP contribution in [0.1, 0.15) is 85.5 Å². The van der Waals surface area contributed by atoms with Crippen LogP contribution in [0.3, 0.4) is 0 Å². The van der Waals surface area contributed by atoms with Gasteiger partial charge in [0.05, 0.1) is 18.1 Å². The first-order valence-electron chi connectivity index (χ1n) is 14.3. The van der Waals surface area contributed by atoms with E-state index in [-0.39, 0.29) is 12.0 Å². The molecule has 4 aliphatic rings. The molecule has 0 heterocycles. The van der Waals surface area contributed by atoms with Gasteiger partial charge in [0.2, 0.25) is 0 Å². The number of aliphatic hydroxyl groups excluding tert-OH is 2. The lowest BCUT2D eigenvalue weighted by molar-refractivity contribution is -0.152. The fourth-order valence-electron chi connectivity index (χ4n) is 7.27. The van der Waals surface area contributed by atoms with E-state index in [1.54, 1.807) is 13.8 Å². The van der Waals surface area contributed by atoms with Crippen LogP contribution < -0.4 is 0 Å². The fourth-order valence-corrected chi connectivity index (χ4v) is 7.27. The third-order valence-electron chi connectivity index (χ3n) is 9.79. The Morgan fingerprint density at radius 3 is 2.58 bits per heavy atom. The molecule has 0 aromatic rings. The molecule has 0 aliphatic heterocycles. The Bertz CT molecular complexity index is 1050. The van der Waals surface area contributed by atoms with Crippen molar-refractivity contribution in [1.29, 1.82) is 0 Å². The molecule has 38 heavy (non-hydrogen) atoms. The minimum absolute atomic E-state index is 0.000688. The maximum atomic E-state index is 11.5. The minimum Gasteiger partial charge on any atom is -0.481 e. The summed E-state index contributed by atoms with van der Waals surface area (Å²) in [6.45, 7) is 12.3. The third kappa shape index (κ3) is 5.97. The second-order valence-corrected chi connectivity index (χ2v) is 13.2. The third-order valence-corrected chi connectivity index (χ3v) is 9.79. The van der Waals surface area contributed by atoms with Crippen LogP contribution in [0.25, 0.3) is 0 Å². The van der Waals surface area contributed by atoms with Crippen molar-refractivity contribution in [2.24, 2.45) is 28.6 Å². The summed E-state index contributed by atoms with van der Waals surface area (Å²) in [6, 6.07) is 0. The number of carboxylic acids is 1. The topological polar surface area (TPSA) is 107 Å². The smallest absolute Gasteiger partial charge is 0.311 e. The van der Waals surface area contributed by atoms with E-state index in [0.717, 1.165) is 31.3 Å². The van der Waals surface area contributed by atoms with Crippen molar-refractivity contribution < 1.29 is 30.0 Å². The van der Waals surface area contributed by atoms with E-state index in [2.05, 4.69) is 38.3 Å². The van der Waals surface area contributed by atoms with Crippen molar-refractivity contribution in [3.05, 3.63) is 35.5 Å². The van der Waals surface area contributed by atoms with Gasteiger partial charge < -0.3 is 25.2 Å². The highest BCUT2D eigenvalue weighted by Gasteiger charge is 2.52. The number of aliphatic carboxylic acids is 1. The zero-order chi connectivity index (χ0) is 27.9. The van der Waals surface area contributed by atoms with Crippen molar-refractivity contribution >= 4 is 5.97 Å². The van der Waals surface area contributed by atoms with Crippen LogP contribution in [0.2, 0.25) is 0 Å². The number of carboxylic acid groups (broad SMARTS) is 1. The molecular formula is C32H46O6. The molecule has 6 heteroatoms. The molecular weight excluding hydrogens is 480 g/mol. The molecule has 0 aromatic heterocycles. The molecule has 0 radical (unpaired) electrons. The lowest BCUT2D eigenvalue weighted by atomic mass is 9.61. The molecule has 4 fully saturated rings. The summed E-state index contributed by atoms with van der Waals surface area (Å²) < 4.78 is 5.75. The number of allylic oxidation sites excluding steroid dienone is 3. The summed E-state index contributed by atoms with van der Waals surface area (Å²) in [5.74, 6) is 6.87. The molecule has 0 saturated heterocycles. The van der Waals surface area contributed by atoms with Crippen LogP contribution >= 0.6 is 0 Å². The Labute approximate surface area is 227 Å². The number of carbonyl (C=O) groups is 1. The van der Waals surface area contributed by atoms with Crippen molar-refractivity contribution in [3.63, 3.8) is 0 Å². The van der Waals surface area contributed by atoms with E-state index < -0.39 is 35.3 Å². The predicted octanol–water partition coefficient (Wildman–Crippen LogP) is 4.79. The Hall–Kier alpha value is -1.91. The van der Waals surface area contributed by atoms with Gasteiger partial charge in [-0.05, 0) is 93.1 Å². The van der Waals surface area contributed by atoms with Gasteiger partial charge in [0, 0.05) is 12.8 Å². The van der Waals surface area contributed by atoms with Crippen molar-refractivity contribution in [3.8, 4) is 11.8 Å². The number of fused-ring (bicyclic) bond motifs is 1. The van der Waals surface area contributed by atoms with E-state index in [1.807, 2.05) is 6.08 Å². The molecule has 7 atom stereocenters. The van der Waals surface area contributed by atoms with Crippen LogP contribution in [0.15, 0.2) is 35.5 Å². The quantitative estimate of drug-likeness (QED) is 0.356. The number of hydrogen-bond acceptors (Lipinski definition) is 5. The molecule has 4 N–H and O–H groups in total. The highest BCUT2D eigenvalue weighted by atomic mass is 16.5. The number of aliphatic hydroxyl groups is 3. The molecule has 6 nitrogen and oxygen atoms in total. The molecule has 4 aliphatic carbocycles. The lowest BCUT2D eigenvalue weighted by Gasteiger charge is -2.44. The normalized spacial score (nSPS) is 37.4. The van der Waals surface area contributed by atoms with Gasteiger partial charge in [-0.1, -0.05) is 44.1 Å². The average molecular weight is 527 g/mol. The summed E-state index contributed by atoms with van der Waals surface area (Å²) >= 11 is 0. The van der Waals surface area contributed by atoms with E-state index in [1.165, 1.54) is 18.4 Å². The van der Waals surface area contributed by atoms with Crippen LogP contribution in [-0.2, 0) is 9.53 Å². The van der Waals surface area contributed by atoms with Gasteiger partial charge in [-0.15, -0.1) is 5.92 Å². The predicted molar refractivity (Wildman–Crippen MR) is 147 cm³/mol. The first kappa shape index (κ1) is 29.1. The van der Waals surface area contributed by atoms with Gasteiger partial charge in [-0.2, -0.15) is 0 Å². The van der Waals surface area contributed by atoms with Crippen molar-refractivity contribution in [1.82, 2.24) is 0 Å². The molecule has 4 rings (SSSR count). The molecule has 0 spiro atoms. The Kier molecular flexibility index (Phi) is 8.36. The van der Waals surface area contributed by atoms with Crippen molar-refractivity contribution in [2.45, 2.75) is 109 Å². The Morgan fingerprint density at radius 1 is 1.24 bits per heavy atom. The zero-order valence-corrected chi connectivity index (χ0v) is 23.5. The highest BCUT2D eigenvalue weighted by Crippen LogP contribution is 2.59. The molecule has 210 valence electrons. The monoisotopic (exact) mass is 526 g/mol. The average Bonchev–Trinajstić information content (AvgIpc) is 3.54. The molecule has 0 amide bonds.